The Hall–Kier alpha value is -3.04. The van der Waals surface area contributed by atoms with Crippen LogP contribution in [-0.4, -0.2) is 20.2 Å². The summed E-state index contributed by atoms with van der Waals surface area (Å²) in [5.41, 5.74) is 1.19. The highest BCUT2D eigenvalue weighted by Gasteiger charge is 2.19. The molecule has 0 atom stereocenters. The van der Waals surface area contributed by atoms with Gasteiger partial charge in [0, 0.05) is 17.6 Å². The number of nitro benzene ring substituents is 1. The lowest BCUT2D eigenvalue weighted by Gasteiger charge is -2.04. The summed E-state index contributed by atoms with van der Waals surface area (Å²) in [5.74, 6) is -0.421. The van der Waals surface area contributed by atoms with E-state index < -0.39 is 10.8 Å². The van der Waals surface area contributed by atoms with Gasteiger partial charge in [-0.15, -0.1) is 22.7 Å². The average molecular weight is 370 g/mol. The number of aromatic nitrogens is 2. The van der Waals surface area contributed by atoms with Crippen LogP contribution in [0.5, 0.6) is 0 Å². The van der Waals surface area contributed by atoms with Gasteiger partial charge in [0.15, 0.2) is 4.96 Å². The van der Waals surface area contributed by atoms with E-state index >= 15 is 0 Å². The third kappa shape index (κ3) is 2.79. The Morgan fingerprint density at radius 3 is 2.80 bits per heavy atom. The summed E-state index contributed by atoms with van der Waals surface area (Å²) >= 11 is 2.91. The number of rotatable bonds is 4. The quantitative estimate of drug-likeness (QED) is 0.429. The molecule has 3 heterocycles. The van der Waals surface area contributed by atoms with Crippen molar-refractivity contribution in [1.82, 2.24) is 9.38 Å². The van der Waals surface area contributed by atoms with E-state index in [4.69, 9.17) is 0 Å². The zero-order valence-corrected chi connectivity index (χ0v) is 14.2. The molecule has 0 radical (unpaired) electrons. The van der Waals surface area contributed by atoms with Crippen molar-refractivity contribution < 1.29 is 9.72 Å². The lowest BCUT2D eigenvalue weighted by molar-refractivity contribution is -0.383. The van der Waals surface area contributed by atoms with Gasteiger partial charge in [-0.3, -0.25) is 19.3 Å². The number of imidazole rings is 1. The number of nitrogens with zero attached hydrogens (tertiary/aromatic N) is 3. The molecule has 0 fully saturated rings. The normalized spacial score (nSPS) is 10.9. The van der Waals surface area contributed by atoms with Crippen molar-refractivity contribution in [2.75, 3.05) is 5.32 Å². The number of anilines is 1. The summed E-state index contributed by atoms with van der Waals surface area (Å²) in [6.45, 7) is 0. The Labute approximate surface area is 149 Å². The van der Waals surface area contributed by atoms with E-state index in [1.807, 2.05) is 17.5 Å². The molecule has 0 saturated heterocycles. The standard InChI is InChI=1S/C16H10N4O3S2/c21-15(17-10-4-1-2-5-12(10)20(22)23)13-9-25-16-18-11(8-19(13)16)14-6-3-7-24-14/h1-9H,(H,17,21). The molecule has 0 saturated carbocycles. The molecular weight excluding hydrogens is 360 g/mol. The van der Waals surface area contributed by atoms with Crippen molar-refractivity contribution in [2.24, 2.45) is 0 Å². The Kier molecular flexibility index (Phi) is 3.79. The van der Waals surface area contributed by atoms with Crippen molar-refractivity contribution in [3.63, 3.8) is 0 Å². The molecule has 1 amide bonds. The number of nitrogens with one attached hydrogen (secondary N) is 1. The minimum Gasteiger partial charge on any atom is -0.315 e. The second kappa shape index (κ2) is 6.11. The van der Waals surface area contributed by atoms with E-state index in [-0.39, 0.29) is 11.4 Å². The third-order valence-electron chi connectivity index (χ3n) is 3.56. The number of thiophene rings is 1. The summed E-state index contributed by atoms with van der Waals surface area (Å²) in [6.07, 6.45) is 1.80. The van der Waals surface area contributed by atoms with Gasteiger partial charge in [0.2, 0.25) is 0 Å². The molecule has 0 spiro atoms. The maximum Gasteiger partial charge on any atom is 0.292 e. The summed E-state index contributed by atoms with van der Waals surface area (Å²) in [6, 6.07) is 9.95. The molecule has 4 rings (SSSR count). The lowest BCUT2D eigenvalue weighted by Crippen LogP contribution is -2.14. The number of benzene rings is 1. The molecule has 1 N–H and O–H groups in total. The second-order valence-corrected chi connectivity index (χ2v) is 6.89. The first-order valence-corrected chi connectivity index (χ1v) is 8.94. The maximum atomic E-state index is 12.6. The topological polar surface area (TPSA) is 89.5 Å². The van der Waals surface area contributed by atoms with E-state index in [9.17, 15) is 14.9 Å². The summed E-state index contributed by atoms with van der Waals surface area (Å²) < 4.78 is 1.70. The van der Waals surface area contributed by atoms with Gasteiger partial charge in [-0.1, -0.05) is 18.2 Å². The van der Waals surface area contributed by atoms with Crippen LogP contribution in [0.1, 0.15) is 10.5 Å². The fraction of sp³-hybridized carbons (Fsp3) is 0. The fourth-order valence-electron chi connectivity index (χ4n) is 2.42. The number of thiazole rings is 1. The number of nitro groups is 1. The van der Waals surface area contributed by atoms with Gasteiger partial charge >= 0.3 is 0 Å². The monoisotopic (exact) mass is 370 g/mol. The first-order chi connectivity index (χ1) is 12.1. The number of carbonyl (C=O) groups excluding carboxylic acids is 1. The van der Waals surface area contributed by atoms with E-state index in [1.165, 1.54) is 23.5 Å². The molecule has 0 bridgehead atoms. The molecule has 9 heteroatoms. The average Bonchev–Trinajstić information content (AvgIpc) is 3.31. The van der Waals surface area contributed by atoms with Crippen molar-refractivity contribution >= 4 is 44.9 Å². The zero-order chi connectivity index (χ0) is 17.4. The predicted molar refractivity (Wildman–Crippen MR) is 97.4 cm³/mol. The van der Waals surface area contributed by atoms with Gasteiger partial charge in [0.25, 0.3) is 11.6 Å². The minimum atomic E-state index is -0.523. The predicted octanol–water partition coefficient (Wildman–Crippen LogP) is 4.28. The number of amides is 1. The first kappa shape index (κ1) is 15.5. The maximum absolute atomic E-state index is 12.6. The summed E-state index contributed by atoms with van der Waals surface area (Å²) in [4.78, 5) is 29.4. The number of carbonyl (C=O) groups is 1. The molecule has 0 aliphatic rings. The van der Waals surface area contributed by atoms with Gasteiger partial charge in [0.05, 0.1) is 9.80 Å². The molecule has 124 valence electrons. The van der Waals surface area contributed by atoms with E-state index in [0.29, 0.717) is 10.7 Å². The van der Waals surface area contributed by atoms with Crippen LogP contribution in [0.3, 0.4) is 0 Å². The number of hydrogen-bond donors (Lipinski definition) is 1. The zero-order valence-electron chi connectivity index (χ0n) is 12.6. The van der Waals surface area contributed by atoms with E-state index in [2.05, 4.69) is 10.3 Å². The van der Waals surface area contributed by atoms with Crippen molar-refractivity contribution in [1.29, 1.82) is 0 Å². The Bertz CT molecular complexity index is 1080. The Balaban J connectivity index is 1.68. The van der Waals surface area contributed by atoms with Gasteiger partial charge < -0.3 is 5.32 Å². The molecule has 7 nitrogen and oxygen atoms in total. The number of para-hydroxylation sites is 2. The van der Waals surface area contributed by atoms with Crippen LogP contribution in [0.15, 0.2) is 53.4 Å². The fourth-order valence-corrected chi connectivity index (χ4v) is 3.95. The minimum absolute atomic E-state index is 0.146. The van der Waals surface area contributed by atoms with Crippen molar-refractivity contribution in [2.45, 2.75) is 0 Å². The van der Waals surface area contributed by atoms with E-state index in [1.54, 1.807) is 39.4 Å². The molecular formula is C16H10N4O3S2. The molecule has 3 aromatic heterocycles. The number of hydrogen-bond acceptors (Lipinski definition) is 6. The van der Waals surface area contributed by atoms with Crippen LogP contribution in [0.4, 0.5) is 11.4 Å². The van der Waals surface area contributed by atoms with Crippen LogP contribution in [0.2, 0.25) is 0 Å². The van der Waals surface area contributed by atoms with Crippen LogP contribution in [0.25, 0.3) is 15.5 Å². The SMILES string of the molecule is O=C(Nc1ccccc1[N+](=O)[O-])c1csc2nc(-c3cccs3)cn12. The van der Waals surface area contributed by atoms with Crippen molar-refractivity contribution in [3.05, 3.63) is 69.2 Å². The summed E-state index contributed by atoms with van der Waals surface area (Å²) in [5, 5.41) is 17.3. The lowest BCUT2D eigenvalue weighted by atomic mass is 10.2. The van der Waals surface area contributed by atoms with Crippen LogP contribution >= 0.6 is 22.7 Å². The highest BCUT2D eigenvalue weighted by molar-refractivity contribution is 7.15. The number of fused-ring (bicyclic) bond motifs is 1. The van der Waals surface area contributed by atoms with Crippen molar-refractivity contribution in [3.8, 4) is 10.6 Å². The van der Waals surface area contributed by atoms with Gasteiger partial charge in [0.1, 0.15) is 17.1 Å². The second-order valence-electron chi connectivity index (χ2n) is 5.11. The molecule has 0 unspecified atom stereocenters. The highest BCUT2D eigenvalue weighted by atomic mass is 32.1. The molecule has 1 aromatic carbocycles. The Morgan fingerprint density at radius 1 is 1.20 bits per heavy atom. The highest BCUT2D eigenvalue weighted by Crippen LogP contribution is 2.28. The van der Waals surface area contributed by atoms with Crippen LogP contribution in [0, 0.1) is 10.1 Å². The van der Waals surface area contributed by atoms with Crippen LogP contribution < -0.4 is 5.32 Å². The van der Waals surface area contributed by atoms with Gasteiger partial charge in [-0.2, -0.15) is 0 Å². The molecule has 4 aromatic rings. The summed E-state index contributed by atoms with van der Waals surface area (Å²) in [7, 11) is 0. The third-order valence-corrected chi connectivity index (χ3v) is 5.30. The van der Waals surface area contributed by atoms with E-state index in [0.717, 1.165) is 10.6 Å². The smallest absolute Gasteiger partial charge is 0.292 e. The van der Waals surface area contributed by atoms with Crippen LogP contribution in [-0.2, 0) is 0 Å². The molecule has 25 heavy (non-hydrogen) atoms. The molecule has 0 aliphatic heterocycles. The molecule has 0 aliphatic carbocycles. The van der Waals surface area contributed by atoms with Gasteiger partial charge in [-0.25, -0.2) is 4.98 Å². The van der Waals surface area contributed by atoms with Gasteiger partial charge in [-0.05, 0) is 17.5 Å². The first-order valence-electron chi connectivity index (χ1n) is 7.19. The Morgan fingerprint density at radius 2 is 2.04 bits per heavy atom. The largest absolute Gasteiger partial charge is 0.315 e.